The number of rotatable bonds is 13. The normalized spacial score (nSPS) is 15.3. The molecule has 1 heterocycles. The topological polar surface area (TPSA) is 111 Å². The summed E-state index contributed by atoms with van der Waals surface area (Å²) in [6.07, 6.45) is 4.08. The van der Waals surface area contributed by atoms with Crippen LogP contribution in [0.3, 0.4) is 0 Å². The molecule has 0 spiro atoms. The molecule has 4 N–H and O–H groups in total. The molecule has 1 aromatic rings. The number of hydrogen-bond acceptors (Lipinski definition) is 7. The second-order valence-corrected chi connectivity index (χ2v) is 9.25. The molecule has 1 fully saturated rings. The summed E-state index contributed by atoms with van der Waals surface area (Å²) < 4.78 is 3.18. The third-order valence-electron chi connectivity index (χ3n) is 5.78. The number of nitrogens with zero attached hydrogens (tertiary/aromatic N) is 3. The molecule has 34 heavy (non-hydrogen) atoms. The van der Waals surface area contributed by atoms with Crippen LogP contribution in [0.1, 0.15) is 37.0 Å². The maximum Gasteiger partial charge on any atom is 0.251 e. The third kappa shape index (κ3) is 8.03. The minimum Gasteiger partial charge on any atom is -0.351 e. The Bertz CT molecular complexity index is 829. The Balaban J connectivity index is 1.97. The molecule has 3 amide bonds. The van der Waals surface area contributed by atoms with Gasteiger partial charge in [0.15, 0.2) is 0 Å². The molecular formula is C24H38N6O3S. The third-order valence-corrected chi connectivity index (χ3v) is 6.92. The van der Waals surface area contributed by atoms with Gasteiger partial charge in [-0.15, -0.1) is 6.58 Å². The molecule has 0 aromatic heterocycles. The number of carbonyl (C=O) groups is 3. The van der Waals surface area contributed by atoms with Crippen LogP contribution in [-0.2, 0) is 9.59 Å². The van der Waals surface area contributed by atoms with Crippen molar-refractivity contribution < 1.29 is 14.4 Å². The maximum absolute atomic E-state index is 12.7. The Hall–Kier alpha value is -2.56. The zero-order valence-electron chi connectivity index (χ0n) is 20.5. The highest BCUT2D eigenvalue weighted by molar-refractivity contribution is 8.01. The molecule has 0 radical (unpaired) electrons. The minimum atomic E-state index is -0.924. The molecule has 1 aliphatic heterocycles. The number of nitrogens with two attached hydrogens (primary N) is 1. The molecule has 2 rings (SSSR count). The second-order valence-electron chi connectivity index (χ2n) is 8.33. The van der Waals surface area contributed by atoms with Gasteiger partial charge in [0.1, 0.15) is 11.4 Å². The zero-order chi connectivity index (χ0) is 25.1. The van der Waals surface area contributed by atoms with Crippen LogP contribution in [0.2, 0.25) is 0 Å². The first-order valence-electron chi connectivity index (χ1n) is 11.7. The number of anilines is 1. The average Bonchev–Trinajstić information content (AvgIpc) is 3.34. The fourth-order valence-electron chi connectivity index (χ4n) is 3.83. The lowest BCUT2D eigenvalue weighted by Gasteiger charge is -2.34. The number of nitrogens with one attached hydrogen (secondary N) is 2. The highest BCUT2D eigenvalue weighted by Gasteiger charge is 2.33. The molecule has 1 aliphatic rings. The van der Waals surface area contributed by atoms with E-state index in [2.05, 4.69) is 21.5 Å². The van der Waals surface area contributed by atoms with E-state index in [9.17, 15) is 14.4 Å². The van der Waals surface area contributed by atoms with Gasteiger partial charge in [0.25, 0.3) is 5.91 Å². The van der Waals surface area contributed by atoms with E-state index in [1.807, 2.05) is 6.92 Å². The zero-order valence-corrected chi connectivity index (χ0v) is 21.3. The van der Waals surface area contributed by atoms with E-state index in [1.54, 1.807) is 42.3 Å². The summed E-state index contributed by atoms with van der Waals surface area (Å²) in [5.41, 5.74) is 7.60. The quantitative estimate of drug-likeness (QED) is 0.219. The van der Waals surface area contributed by atoms with Gasteiger partial charge in [0, 0.05) is 51.4 Å². The number of benzene rings is 1. The molecule has 2 atom stereocenters. The van der Waals surface area contributed by atoms with Crippen LogP contribution in [0.4, 0.5) is 5.69 Å². The summed E-state index contributed by atoms with van der Waals surface area (Å²) in [5, 5.41) is 2.35. The van der Waals surface area contributed by atoms with Crippen LogP contribution in [0.25, 0.3) is 0 Å². The number of carbonyl (C=O) groups excluding carboxylic acids is 3. The van der Waals surface area contributed by atoms with Gasteiger partial charge in [-0.2, -0.15) is 0 Å². The van der Waals surface area contributed by atoms with E-state index in [1.165, 1.54) is 36.6 Å². The molecule has 10 heteroatoms. The van der Waals surface area contributed by atoms with Crippen LogP contribution < -0.4 is 15.8 Å². The first kappa shape index (κ1) is 27.7. The molecule has 0 aliphatic carbocycles. The summed E-state index contributed by atoms with van der Waals surface area (Å²) in [6, 6.07) is 6.15. The SMILES string of the molecule is C=CCN(C)C(=O)[C@@H](N)C(SNc1ccc(C(=O)NCCN2CCCC2)cc1)N(CC)C(C)=O. The first-order valence-corrected chi connectivity index (χ1v) is 12.6. The van der Waals surface area contributed by atoms with Gasteiger partial charge in [-0.25, -0.2) is 0 Å². The first-order chi connectivity index (χ1) is 16.3. The van der Waals surface area contributed by atoms with E-state index >= 15 is 0 Å². The van der Waals surface area contributed by atoms with Gasteiger partial charge in [-0.3, -0.25) is 14.4 Å². The summed E-state index contributed by atoms with van der Waals surface area (Å²) in [6.45, 7) is 11.4. The van der Waals surface area contributed by atoms with Crippen molar-refractivity contribution in [3.05, 3.63) is 42.5 Å². The van der Waals surface area contributed by atoms with Crippen molar-refractivity contribution in [2.45, 2.75) is 38.1 Å². The monoisotopic (exact) mass is 490 g/mol. The van der Waals surface area contributed by atoms with E-state index in [-0.39, 0.29) is 17.7 Å². The van der Waals surface area contributed by atoms with Crippen molar-refractivity contribution in [3.63, 3.8) is 0 Å². The smallest absolute Gasteiger partial charge is 0.251 e. The Morgan fingerprint density at radius 3 is 2.44 bits per heavy atom. The Morgan fingerprint density at radius 2 is 1.88 bits per heavy atom. The molecule has 0 bridgehead atoms. The summed E-state index contributed by atoms with van der Waals surface area (Å²) in [7, 11) is 1.65. The molecule has 188 valence electrons. The largest absolute Gasteiger partial charge is 0.351 e. The van der Waals surface area contributed by atoms with Crippen LogP contribution in [0.5, 0.6) is 0 Å². The fraction of sp³-hybridized carbons (Fsp3) is 0.542. The van der Waals surface area contributed by atoms with Crippen LogP contribution in [0, 0.1) is 0 Å². The van der Waals surface area contributed by atoms with Crippen LogP contribution in [0.15, 0.2) is 36.9 Å². The van der Waals surface area contributed by atoms with E-state index in [4.69, 9.17) is 5.73 Å². The van der Waals surface area contributed by atoms with Gasteiger partial charge in [-0.05, 0) is 69.1 Å². The molecule has 1 unspecified atom stereocenters. The Morgan fingerprint density at radius 1 is 1.24 bits per heavy atom. The molecule has 1 aromatic carbocycles. The van der Waals surface area contributed by atoms with Crippen molar-refractivity contribution in [2.24, 2.45) is 5.73 Å². The van der Waals surface area contributed by atoms with Crippen molar-refractivity contribution >= 4 is 35.4 Å². The van der Waals surface area contributed by atoms with Crippen molar-refractivity contribution in [2.75, 3.05) is 51.0 Å². The van der Waals surface area contributed by atoms with Crippen LogP contribution >= 0.6 is 11.9 Å². The predicted octanol–water partition coefficient (Wildman–Crippen LogP) is 1.74. The van der Waals surface area contributed by atoms with Gasteiger partial charge >= 0.3 is 0 Å². The van der Waals surface area contributed by atoms with Crippen molar-refractivity contribution in [1.82, 2.24) is 20.0 Å². The van der Waals surface area contributed by atoms with Gasteiger partial charge in [-0.1, -0.05) is 6.08 Å². The summed E-state index contributed by atoms with van der Waals surface area (Å²) >= 11 is 1.20. The van der Waals surface area contributed by atoms with Crippen molar-refractivity contribution in [1.29, 1.82) is 0 Å². The highest BCUT2D eigenvalue weighted by Crippen LogP contribution is 2.23. The summed E-state index contributed by atoms with van der Waals surface area (Å²) in [5.74, 6) is -0.555. The van der Waals surface area contributed by atoms with Gasteiger partial charge in [0.05, 0.1) is 0 Å². The van der Waals surface area contributed by atoms with E-state index in [0.717, 1.165) is 25.3 Å². The Labute approximate surface area is 207 Å². The maximum atomic E-state index is 12.7. The average molecular weight is 491 g/mol. The summed E-state index contributed by atoms with van der Waals surface area (Å²) in [4.78, 5) is 42.7. The number of likely N-dealkylation sites (N-methyl/N-ethyl adjacent to an activating group) is 2. The lowest BCUT2D eigenvalue weighted by Crippen LogP contribution is -2.55. The highest BCUT2D eigenvalue weighted by atomic mass is 32.2. The standard InChI is InChI=1S/C24H38N6O3S/c1-5-14-28(4)23(33)21(25)24(30(6-2)18(3)31)34-27-20-11-9-19(10-12-20)22(32)26-13-17-29-15-7-8-16-29/h5,9-12,21,24,27H,1,6-8,13-17,25H2,2-4H3,(H,26,32)/t21-,24?/m1/s1. The number of hydrogen-bond donors (Lipinski definition) is 3. The van der Waals surface area contributed by atoms with Gasteiger partial charge < -0.3 is 30.5 Å². The second kappa shape index (κ2) is 14.0. The number of likely N-dealkylation sites (tertiary alicyclic amines) is 1. The predicted molar refractivity (Wildman–Crippen MR) is 138 cm³/mol. The molecular weight excluding hydrogens is 452 g/mol. The van der Waals surface area contributed by atoms with E-state index < -0.39 is 11.4 Å². The molecule has 0 saturated carbocycles. The lowest BCUT2D eigenvalue weighted by atomic mass is 10.2. The number of amides is 3. The van der Waals surface area contributed by atoms with E-state index in [0.29, 0.717) is 25.2 Å². The molecule has 1 saturated heterocycles. The van der Waals surface area contributed by atoms with Gasteiger partial charge in [0.2, 0.25) is 11.8 Å². The fourth-order valence-corrected chi connectivity index (χ4v) is 4.91. The van der Waals surface area contributed by atoms with Crippen molar-refractivity contribution in [3.8, 4) is 0 Å². The van der Waals surface area contributed by atoms with Crippen LogP contribution in [-0.4, -0.2) is 90.2 Å². The lowest BCUT2D eigenvalue weighted by molar-refractivity contribution is -0.134. The Kier molecular flexibility index (Phi) is 11.4. The minimum absolute atomic E-state index is 0.108. The molecule has 9 nitrogen and oxygen atoms in total.